The van der Waals surface area contributed by atoms with Crippen molar-refractivity contribution < 1.29 is 9.53 Å². The lowest BCUT2D eigenvalue weighted by atomic mass is 10.2. The van der Waals surface area contributed by atoms with Gasteiger partial charge in [0.1, 0.15) is 5.69 Å². The lowest BCUT2D eigenvalue weighted by Crippen LogP contribution is -2.22. The Labute approximate surface area is 125 Å². The minimum absolute atomic E-state index is 0.193. The standard InChI is InChI=1S/C15H23N3O3/c1-4-7-10-21-15(19)16-14-11-12(18(5-2)6-3)8-9-13(14)17-20/h8-9,11H,4-7,10H2,1-3H3,(H,16,19). The molecule has 1 N–H and O–H groups in total. The van der Waals surface area contributed by atoms with E-state index < -0.39 is 6.09 Å². The van der Waals surface area contributed by atoms with E-state index in [1.165, 1.54) is 0 Å². The Balaban J connectivity index is 2.85. The average Bonchev–Trinajstić information content (AvgIpc) is 2.49. The van der Waals surface area contributed by atoms with E-state index in [1.807, 2.05) is 26.8 Å². The maximum absolute atomic E-state index is 11.7. The van der Waals surface area contributed by atoms with Crippen molar-refractivity contribution in [2.45, 2.75) is 33.6 Å². The minimum Gasteiger partial charge on any atom is -0.449 e. The van der Waals surface area contributed by atoms with Gasteiger partial charge in [-0.05, 0) is 43.6 Å². The molecule has 0 saturated carbocycles. The van der Waals surface area contributed by atoms with Crippen molar-refractivity contribution in [3.63, 3.8) is 0 Å². The summed E-state index contributed by atoms with van der Waals surface area (Å²) in [5.41, 5.74) is 1.49. The summed E-state index contributed by atoms with van der Waals surface area (Å²) in [7, 11) is 0. The van der Waals surface area contributed by atoms with E-state index in [9.17, 15) is 9.70 Å². The minimum atomic E-state index is -0.565. The molecule has 116 valence electrons. The van der Waals surface area contributed by atoms with Crippen LogP contribution in [0.2, 0.25) is 0 Å². The topological polar surface area (TPSA) is 71.0 Å². The molecule has 1 aromatic rings. The van der Waals surface area contributed by atoms with Gasteiger partial charge in [0.05, 0.1) is 12.3 Å². The summed E-state index contributed by atoms with van der Waals surface area (Å²) >= 11 is 0. The predicted octanol–water partition coefficient (Wildman–Crippen LogP) is 4.28. The number of nitrogens with one attached hydrogen (secondary N) is 1. The smallest absolute Gasteiger partial charge is 0.411 e. The first-order chi connectivity index (χ1) is 10.2. The van der Waals surface area contributed by atoms with E-state index in [0.717, 1.165) is 31.6 Å². The number of nitrogens with zero attached hydrogens (tertiary/aromatic N) is 2. The molecular weight excluding hydrogens is 270 g/mol. The zero-order valence-corrected chi connectivity index (χ0v) is 12.9. The number of carbonyl (C=O) groups excluding carboxylic acids is 1. The van der Waals surface area contributed by atoms with Crippen LogP contribution in [0.15, 0.2) is 23.4 Å². The molecule has 21 heavy (non-hydrogen) atoms. The van der Waals surface area contributed by atoms with Crippen molar-refractivity contribution >= 4 is 23.2 Å². The number of unbranched alkanes of at least 4 members (excludes halogenated alkanes) is 1. The maximum Gasteiger partial charge on any atom is 0.411 e. The molecule has 6 nitrogen and oxygen atoms in total. The van der Waals surface area contributed by atoms with E-state index in [4.69, 9.17) is 4.74 Å². The van der Waals surface area contributed by atoms with Crippen molar-refractivity contribution in [1.29, 1.82) is 0 Å². The fraction of sp³-hybridized carbons (Fsp3) is 0.533. The van der Waals surface area contributed by atoms with Gasteiger partial charge in [-0.3, -0.25) is 5.32 Å². The molecule has 0 unspecified atom stereocenters. The Morgan fingerprint density at radius 1 is 1.29 bits per heavy atom. The van der Waals surface area contributed by atoms with Gasteiger partial charge in [0.2, 0.25) is 0 Å². The van der Waals surface area contributed by atoms with Crippen LogP contribution in [-0.2, 0) is 4.74 Å². The number of anilines is 2. The monoisotopic (exact) mass is 293 g/mol. The largest absolute Gasteiger partial charge is 0.449 e. The van der Waals surface area contributed by atoms with Crippen LogP contribution in [0.4, 0.5) is 21.9 Å². The summed E-state index contributed by atoms with van der Waals surface area (Å²) in [5, 5.41) is 5.52. The van der Waals surface area contributed by atoms with Gasteiger partial charge in [-0.1, -0.05) is 13.3 Å². The van der Waals surface area contributed by atoms with E-state index >= 15 is 0 Å². The molecule has 1 aromatic carbocycles. The SMILES string of the molecule is CCCCOC(=O)Nc1cc(N(CC)CC)ccc1N=O. The van der Waals surface area contributed by atoms with Crippen LogP contribution in [0, 0.1) is 4.91 Å². The molecule has 0 atom stereocenters. The van der Waals surface area contributed by atoms with Gasteiger partial charge in [0.15, 0.2) is 0 Å². The lowest BCUT2D eigenvalue weighted by molar-refractivity contribution is 0.160. The fourth-order valence-electron chi connectivity index (χ4n) is 1.94. The van der Waals surface area contributed by atoms with Crippen molar-refractivity contribution in [1.82, 2.24) is 0 Å². The van der Waals surface area contributed by atoms with Crippen LogP contribution < -0.4 is 10.2 Å². The molecule has 1 rings (SSSR count). The molecule has 0 saturated heterocycles. The molecule has 0 aliphatic rings. The van der Waals surface area contributed by atoms with Crippen LogP contribution in [-0.4, -0.2) is 25.8 Å². The summed E-state index contributed by atoms with van der Waals surface area (Å²) in [6.07, 6.45) is 1.20. The summed E-state index contributed by atoms with van der Waals surface area (Å²) < 4.78 is 5.03. The Hall–Kier alpha value is -2.11. The summed E-state index contributed by atoms with van der Waals surface area (Å²) in [6.45, 7) is 8.14. The van der Waals surface area contributed by atoms with Crippen molar-refractivity contribution in [3.05, 3.63) is 23.1 Å². The fourth-order valence-corrected chi connectivity index (χ4v) is 1.94. The van der Waals surface area contributed by atoms with Crippen LogP contribution in [0.25, 0.3) is 0 Å². The predicted molar refractivity (Wildman–Crippen MR) is 85.3 cm³/mol. The van der Waals surface area contributed by atoms with Crippen molar-refractivity contribution in [2.75, 3.05) is 29.9 Å². The number of benzene rings is 1. The average molecular weight is 293 g/mol. The van der Waals surface area contributed by atoms with Gasteiger partial charge in [-0.2, -0.15) is 0 Å². The Kier molecular flexibility index (Phi) is 7.21. The Morgan fingerprint density at radius 2 is 2.00 bits per heavy atom. The third-order valence-electron chi connectivity index (χ3n) is 3.17. The lowest BCUT2D eigenvalue weighted by Gasteiger charge is -2.22. The number of hydrogen-bond acceptors (Lipinski definition) is 5. The molecule has 6 heteroatoms. The number of carbonyl (C=O) groups is 1. The summed E-state index contributed by atoms with van der Waals surface area (Å²) in [6, 6.07) is 5.16. The quantitative estimate of drug-likeness (QED) is 0.573. The number of rotatable bonds is 8. The van der Waals surface area contributed by atoms with Gasteiger partial charge in [-0.15, -0.1) is 4.91 Å². The molecule has 0 aliphatic carbocycles. The first-order valence-electron chi connectivity index (χ1n) is 7.32. The van der Waals surface area contributed by atoms with Crippen molar-refractivity contribution in [2.24, 2.45) is 5.18 Å². The van der Waals surface area contributed by atoms with Crippen LogP contribution >= 0.6 is 0 Å². The molecule has 0 spiro atoms. The second-order valence-electron chi connectivity index (χ2n) is 4.58. The highest BCUT2D eigenvalue weighted by atomic mass is 16.5. The van der Waals surface area contributed by atoms with Gasteiger partial charge in [0, 0.05) is 18.8 Å². The van der Waals surface area contributed by atoms with Gasteiger partial charge in [-0.25, -0.2) is 4.79 Å². The number of hydrogen-bond donors (Lipinski definition) is 1. The van der Waals surface area contributed by atoms with Crippen LogP contribution in [0.3, 0.4) is 0 Å². The molecule has 0 heterocycles. The molecule has 0 aromatic heterocycles. The van der Waals surface area contributed by atoms with Crippen LogP contribution in [0.5, 0.6) is 0 Å². The van der Waals surface area contributed by atoms with E-state index in [1.54, 1.807) is 12.1 Å². The third kappa shape index (κ3) is 5.06. The van der Waals surface area contributed by atoms with Gasteiger partial charge in [0.25, 0.3) is 0 Å². The highest BCUT2D eigenvalue weighted by Crippen LogP contribution is 2.30. The Bertz CT molecular complexity index is 473. The summed E-state index contributed by atoms with van der Waals surface area (Å²) in [5.74, 6) is 0. The molecule has 0 aliphatic heterocycles. The number of nitroso groups, excluding NO2 is 1. The second kappa shape index (κ2) is 8.94. The molecule has 0 radical (unpaired) electrons. The van der Waals surface area contributed by atoms with Gasteiger partial charge >= 0.3 is 6.09 Å². The van der Waals surface area contributed by atoms with E-state index in [0.29, 0.717) is 12.3 Å². The normalized spacial score (nSPS) is 10.0. The molecule has 0 bridgehead atoms. The number of amides is 1. The molecular formula is C15H23N3O3. The molecule has 0 fully saturated rings. The van der Waals surface area contributed by atoms with E-state index in [-0.39, 0.29) is 5.69 Å². The second-order valence-corrected chi connectivity index (χ2v) is 4.58. The first kappa shape index (κ1) is 16.9. The maximum atomic E-state index is 11.7. The first-order valence-corrected chi connectivity index (χ1v) is 7.32. The third-order valence-corrected chi connectivity index (χ3v) is 3.17. The van der Waals surface area contributed by atoms with Gasteiger partial charge < -0.3 is 9.64 Å². The van der Waals surface area contributed by atoms with Crippen LogP contribution in [0.1, 0.15) is 33.6 Å². The summed E-state index contributed by atoms with van der Waals surface area (Å²) in [4.78, 5) is 24.6. The zero-order valence-electron chi connectivity index (χ0n) is 12.9. The highest BCUT2D eigenvalue weighted by molar-refractivity contribution is 5.90. The van der Waals surface area contributed by atoms with Crippen molar-refractivity contribution in [3.8, 4) is 0 Å². The Morgan fingerprint density at radius 3 is 2.57 bits per heavy atom. The zero-order chi connectivity index (χ0) is 15.7. The van der Waals surface area contributed by atoms with E-state index in [2.05, 4.69) is 15.4 Å². The molecule has 1 amide bonds. The highest BCUT2D eigenvalue weighted by Gasteiger charge is 2.11. The number of ether oxygens (including phenoxy) is 1.